The number of piperidine rings is 1. The van der Waals surface area contributed by atoms with Crippen LogP contribution < -0.4 is 11.1 Å². The Morgan fingerprint density at radius 2 is 2.30 bits per heavy atom. The average Bonchev–Trinajstić information content (AvgIpc) is 2.93. The number of urea groups is 1. The molecule has 128 valence electrons. The normalized spacial score (nSPS) is 23.4. The van der Waals surface area contributed by atoms with Crippen LogP contribution in [0.2, 0.25) is 0 Å². The van der Waals surface area contributed by atoms with Gasteiger partial charge in [0.2, 0.25) is 0 Å². The van der Waals surface area contributed by atoms with E-state index in [1.165, 1.54) is 12.8 Å². The first kappa shape index (κ1) is 16.3. The summed E-state index contributed by atoms with van der Waals surface area (Å²) in [5.41, 5.74) is 7.10. The second-order valence-electron chi connectivity index (χ2n) is 7.04. The molecule has 6 nitrogen and oxygen atoms in total. The Hall–Kier alpha value is -1.56. The fourth-order valence-electron chi connectivity index (χ4n) is 4.04. The quantitative estimate of drug-likeness (QED) is 0.871. The fourth-order valence-corrected chi connectivity index (χ4v) is 4.04. The van der Waals surface area contributed by atoms with E-state index in [-0.39, 0.29) is 11.4 Å². The van der Waals surface area contributed by atoms with Crippen LogP contribution >= 0.6 is 0 Å². The number of aromatic nitrogens is 1. The number of hydrogen-bond donors (Lipinski definition) is 2. The summed E-state index contributed by atoms with van der Waals surface area (Å²) in [5.74, 6) is 0.815. The minimum atomic E-state index is 0.0469. The predicted molar refractivity (Wildman–Crippen MR) is 88.0 cm³/mol. The smallest absolute Gasteiger partial charge is 0.317 e. The Kier molecular flexibility index (Phi) is 4.90. The highest BCUT2D eigenvalue weighted by molar-refractivity contribution is 5.74. The van der Waals surface area contributed by atoms with Crippen LogP contribution in [0.15, 0.2) is 10.6 Å². The maximum Gasteiger partial charge on any atom is 0.317 e. The molecule has 3 rings (SSSR count). The van der Waals surface area contributed by atoms with E-state index in [0.29, 0.717) is 25.6 Å². The SMILES string of the molecule is Cc1cc(CCNC(=O)N2CCCCC2C2(CN)CCC2)on1. The van der Waals surface area contributed by atoms with Crippen molar-refractivity contribution >= 4 is 6.03 Å². The Labute approximate surface area is 137 Å². The van der Waals surface area contributed by atoms with E-state index < -0.39 is 0 Å². The molecule has 2 aliphatic rings. The monoisotopic (exact) mass is 320 g/mol. The molecule has 0 bridgehead atoms. The zero-order chi connectivity index (χ0) is 16.3. The number of aryl methyl sites for hydroxylation is 1. The Morgan fingerprint density at radius 1 is 1.48 bits per heavy atom. The number of rotatable bonds is 5. The molecular formula is C17H28N4O2. The Balaban J connectivity index is 1.56. The van der Waals surface area contributed by atoms with E-state index in [4.69, 9.17) is 10.3 Å². The average molecular weight is 320 g/mol. The van der Waals surface area contributed by atoms with Gasteiger partial charge in [-0.2, -0.15) is 0 Å². The molecule has 1 saturated carbocycles. The van der Waals surface area contributed by atoms with Gasteiger partial charge in [0.1, 0.15) is 5.76 Å². The summed E-state index contributed by atoms with van der Waals surface area (Å²) in [6.45, 7) is 4.01. The molecular weight excluding hydrogens is 292 g/mol. The van der Waals surface area contributed by atoms with Crippen LogP contribution in [0.25, 0.3) is 0 Å². The van der Waals surface area contributed by atoms with Crippen molar-refractivity contribution in [1.29, 1.82) is 0 Å². The van der Waals surface area contributed by atoms with Crippen molar-refractivity contribution in [3.05, 3.63) is 17.5 Å². The number of carbonyl (C=O) groups is 1. The van der Waals surface area contributed by atoms with E-state index in [9.17, 15) is 4.79 Å². The summed E-state index contributed by atoms with van der Waals surface area (Å²) in [6, 6.07) is 2.27. The van der Waals surface area contributed by atoms with E-state index in [1.807, 2.05) is 17.9 Å². The lowest BCUT2D eigenvalue weighted by molar-refractivity contribution is 0.00434. The molecule has 2 fully saturated rings. The van der Waals surface area contributed by atoms with Gasteiger partial charge in [-0.15, -0.1) is 0 Å². The van der Waals surface area contributed by atoms with E-state index in [2.05, 4.69) is 10.5 Å². The topological polar surface area (TPSA) is 84.4 Å². The standard InChI is InChI=1S/C17H28N4O2/c1-13-11-14(23-20-13)6-9-19-16(22)21-10-3-2-5-15(21)17(12-18)7-4-8-17/h11,15H,2-10,12,18H2,1H3,(H,19,22). The maximum absolute atomic E-state index is 12.6. The van der Waals surface area contributed by atoms with Gasteiger partial charge in [0.25, 0.3) is 0 Å². The minimum absolute atomic E-state index is 0.0469. The van der Waals surface area contributed by atoms with Gasteiger partial charge in [0, 0.05) is 37.0 Å². The van der Waals surface area contributed by atoms with Crippen molar-refractivity contribution in [2.24, 2.45) is 11.1 Å². The molecule has 1 atom stereocenters. The largest absolute Gasteiger partial charge is 0.361 e. The fraction of sp³-hybridized carbons (Fsp3) is 0.765. The molecule has 1 aromatic rings. The first-order valence-corrected chi connectivity index (χ1v) is 8.81. The molecule has 1 saturated heterocycles. The highest BCUT2D eigenvalue weighted by atomic mass is 16.5. The minimum Gasteiger partial charge on any atom is -0.361 e. The molecule has 1 aromatic heterocycles. The lowest BCUT2D eigenvalue weighted by atomic mass is 9.62. The first-order chi connectivity index (χ1) is 11.1. The van der Waals surface area contributed by atoms with Gasteiger partial charge in [-0.25, -0.2) is 4.79 Å². The number of amides is 2. The first-order valence-electron chi connectivity index (χ1n) is 8.81. The molecule has 2 heterocycles. The third kappa shape index (κ3) is 3.37. The molecule has 1 aliphatic carbocycles. The molecule has 0 aromatic carbocycles. The molecule has 6 heteroatoms. The number of nitrogens with two attached hydrogens (primary N) is 1. The Morgan fingerprint density at radius 3 is 2.91 bits per heavy atom. The number of nitrogens with one attached hydrogen (secondary N) is 1. The molecule has 1 unspecified atom stereocenters. The number of nitrogens with zero attached hydrogens (tertiary/aromatic N) is 2. The van der Waals surface area contributed by atoms with Gasteiger partial charge in [-0.1, -0.05) is 11.6 Å². The van der Waals surface area contributed by atoms with Crippen molar-refractivity contribution in [3.63, 3.8) is 0 Å². The van der Waals surface area contributed by atoms with E-state index in [0.717, 1.165) is 43.7 Å². The van der Waals surface area contributed by atoms with Gasteiger partial charge in [-0.05, 0) is 45.6 Å². The Bertz CT molecular complexity index is 533. The summed E-state index contributed by atoms with van der Waals surface area (Å²) in [7, 11) is 0. The third-order valence-corrected chi connectivity index (χ3v) is 5.55. The zero-order valence-corrected chi connectivity index (χ0v) is 14.0. The van der Waals surface area contributed by atoms with Crippen LogP contribution in [0.5, 0.6) is 0 Å². The van der Waals surface area contributed by atoms with Crippen molar-refractivity contribution in [2.45, 2.75) is 57.9 Å². The second kappa shape index (κ2) is 6.91. The summed E-state index contributed by atoms with van der Waals surface area (Å²) >= 11 is 0. The lowest BCUT2D eigenvalue weighted by Gasteiger charge is -2.53. The molecule has 1 aliphatic heterocycles. The zero-order valence-electron chi connectivity index (χ0n) is 14.0. The van der Waals surface area contributed by atoms with Crippen LogP contribution in [0, 0.1) is 12.3 Å². The van der Waals surface area contributed by atoms with Crippen LogP contribution in [0.3, 0.4) is 0 Å². The third-order valence-electron chi connectivity index (χ3n) is 5.55. The maximum atomic E-state index is 12.6. The molecule has 0 spiro atoms. The highest BCUT2D eigenvalue weighted by Gasteiger charge is 2.47. The van der Waals surface area contributed by atoms with Gasteiger partial charge in [0.05, 0.1) is 5.69 Å². The number of carbonyl (C=O) groups excluding carboxylic acids is 1. The predicted octanol–water partition coefficient (Wildman–Crippen LogP) is 2.22. The van der Waals surface area contributed by atoms with E-state index in [1.54, 1.807) is 0 Å². The molecule has 23 heavy (non-hydrogen) atoms. The van der Waals surface area contributed by atoms with Crippen molar-refractivity contribution < 1.29 is 9.32 Å². The molecule has 2 amide bonds. The van der Waals surface area contributed by atoms with Gasteiger partial charge in [0.15, 0.2) is 0 Å². The van der Waals surface area contributed by atoms with Crippen LogP contribution in [0.1, 0.15) is 50.0 Å². The van der Waals surface area contributed by atoms with Crippen LogP contribution in [0.4, 0.5) is 4.79 Å². The summed E-state index contributed by atoms with van der Waals surface area (Å²) in [4.78, 5) is 14.7. The van der Waals surface area contributed by atoms with Gasteiger partial charge in [-0.3, -0.25) is 0 Å². The van der Waals surface area contributed by atoms with E-state index >= 15 is 0 Å². The number of hydrogen-bond acceptors (Lipinski definition) is 4. The molecule has 0 radical (unpaired) electrons. The number of likely N-dealkylation sites (tertiary alicyclic amines) is 1. The second-order valence-corrected chi connectivity index (χ2v) is 7.04. The van der Waals surface area contributed by atoms with Crippen molar-refractivity contribution in [2.75, 3.05) is 19.6 Å². The van der Waals surface area contributed by atoms with Gasteiger partial charge < -0.3 is 20.5 Å². The molecule has 3 N–H and O–H groups in total. The summed E-state index contributed by atoms with van der Waals surface area (Å²) < 4.78 is 5.18. The van der Waals surface area contributed by atoms with Crippen LogP contribution in [-0.4, -0.2) is 41.8 Å². The van der Waals surface area contributed by atoms with Gasteiger partial charge >= 0.3 is 6.03 Å². The van der Waals surface area contributed by atoms with Crippen LogP contribution in [-0.2, 0) is 6.42 Å². The highest BCUT2D eigenvalue weighted by Crippen LogP contribution is 2.47. The van der Waals surface area contributed by atoms with Crippen molar-refractivity contribution in [3.8, 4) is 0 Å². The lowest BCUT2D eigenvalue weighted by Crippen LogP contribution is -2.60. The van der Waals surface area contributed by atoms with Crippen molar-refractivity contribution in [1.82, 2.24) is 15.4 Å². The summed E-state index contributed by atoms with van der Waals surface area (Å²) in [6.07, 6.45) is 7.62. The summed E-state index contributed by atoms with van der Waals surface area (Å²) in [5, 5.41) is 6.91.